The molecule has 1 aliphatic heterocycles. The van der Waals surface area contributed by atoms with Crippen LogP contribution in [0.5, 0.6) is 5.75 Å². The van der Waals surface area contributed by atoms with Crippen molar-refractivity contribution in [3.05, 3.63) is 87.4 Å². The molecule has 2 aromatic carbocycles. The zero-order valence-electron chi connectivity index (χ0n) is 37.3. The first-order valence-corrected chi connectivity index (χ1v) is 21.6. The summed E-state index contributed by atoms with van der Waals surface area (Å²) in [5.41, 5.74) is -2.11. The molecule has 0 radical (unpaired) electrons. The summed E-state index contributed by atoms with van der Waals surface area (Å²) in [4.78, 5) is 59.1. The van der Waals surface area contributed by atoms with E-state index in [1.54, 1.807) is 14.0 Å². The van der Waals surface area contributed by atoms with E-state index in [0.29, 0.717) is 24.1 Å². The monoisotopic (exact) mass is 888 g/mol. The SMILES string of the molecule is CCC(C)C1C(=O)NC(Cc2cc(Cl)c(O)c(Cl)c2)C(=O)NC(C(C)(C)O)C(=O)OC(c2ccccc2)C(C)C=CC=C(C)C(OC)CC(NCC(C)C)C(C)(O)C(=O)N1C. The van der Waals surface area contributed by atoms with Crippen molar-refractivity contribution >= 4 is 46.9 Å². The number of nitrogens with zero attached hydrogens (tertiary/aromatic N) is 1. The van der Waals surface area contributed by atoms with Crippen molar-refractivity contribution in [1.82, 2.24) is 20.9 Å². The number of phenols is 1. The molecule has 1 aliphatic rings. The summed E-state index contributed by atoms with van der Waals surface area (Å²) in [6, 6.07) is 6.73. The number of esters is 1. The molecule has 9 atom stereocenters. The molecule has 13 nitrogen and oxygen atoms in total. The molecular weight excluding hydrogens is 823 g/mol. The number of carbonyl (C=O) groups excluding carboxylic acids is 4. The lowest BCUT2D eigenvalue weighted by molar-refractivity contribution is -0.162. The van der Waals surface area contributed by atoms with Gasteiger partial charge in [0.05, 0.1) is 21.8 Å². The Bertz CT molecular complexity index is 1860. The highest BCUT2D eigenvalue weighted by molar-refractivity contribution is 6.37. The molecule has 15 heteroatoms. The predicted molar refractivity (Wildman–Crippen MR) is 238 cm³/mol. The fourth-order valence-corrected chi connectivity index (χ4v) is 7.89. The molecule has 0 aromatic heterocycles. The molecule has 6 N–H and O–H groups in total. The van der Waals surface area contributed by atoms with Gasteiger partial charge in [-0.2, -0.15) is 0 Å². The number of allylic oxidation sites excluding steroid dienone is 2. The number of ether oxygens (including phenoxy) is 2. The van der Waals surface area contributed by atoms with E-state index in [2.05, 4.69) is 16.0 Å². The lowest BCUT2D eigenvalue weighted by Crippen LogP contribution is -2.64. The Morgan fingerprint density at radius 1 is 1.05 bits per heavy atom. The van der Waals surface area contributed by atoms with E-state index >= 15 is 0 Å². The van der Waals surface area contributed by atoms with E-state index < -0.39 is 83.1 Å². The molecule has 9 unspecified atom stereocenters. The van der Waals surface area contributed by atoms with E-state index in [9.17, 15) is 34.5 Å². The van der Waals surface area contributed by atoms with Gasteiger partial charge in [-0.3, -0.25) is 14.4 Å². The maximum atomic E-state index is 14.6. The maximum Gasteiger partial charge on any atom is 0.332 e. The molecular formula is C46H66Cl2N4O9. The van der Waals surface area contributed by atoms with Crippen LogP contribution >= 0.6 is 23.2 Å². The first-order valence-electron chi connectivity index (χ1n) is 20.8. The van der Waals surface area contributed by atoms with Crippen LogP contribution in [0.15, 0.2) is 66.3 Å². The average molecular weight is 890 g/mol. The minimum absolute atomic E-state index is 0.100. The predicted octanol–water partition coefficient (Wildman–Crippen LogP) is 6.06. The van der Waals surface area contributed by atoms with Crippen LogP contribution in [0.4, 0.5) is 0 Å². The number of hydrogen-bond acceptors (Lipinski definition) is 10. The number of nitrogens with one attached hydrogen (secondary N) is 3. The summed E-state index contributed by atoms with van der Waals surface area (Å²) >= 11 is 12.5. The first kappa shape index (κ1) is 51.4. The van der Waals surface area contributed by atoms with Crippen molar-refractivity contribution < 1.29 is 44.0 Å². The van der Waals surface area contributed by atoms with Crippen LogP contribution in [0.1, 0.15) is 92.4 Å². The van der Waals surface area contributed by atoms with E-state index in [-0.39, 0.29) is 34.6 Å². The fraction of sp³-hybridized carbons (Fsp3) is 0.565. The van der Waals surface area contributed by atoms with Gasteiger partial charge in [0.25, 0.3) is 5.91 Å². The molecule has 0 spiro atoms. The topological polar surface area (TPSA) is 187 Å². The Morgan fingerprint density at radius 3 is 2.20 bits per heavy atom. The Labute approximate surface area is 371 Å². The quantitative estimate of drug-likeness (QED) is 0.153. The molecule has 0 fully saturated rings. The van der Waals surface area contributed by atoms with Crippen LogP contribution < -0.4 is 16.0 Å². The number of cyclic esters (lactones) is 1. The Morgan fingerprint density at radius 2 is 1.66 bits per heavy atom. The Balaban J connectivity index is 2.29. The Hall–Kier alpha value is -3.98. The number of halogens is 2. The third kappa shape index (κ3) is 13.8. The third-order valence-electron chi connectivity index (χ3n) is 11.3. The first-order chi connectivity index (χ1) is 28.4. The number of benzene rings is 2. The van der Waals surface area contributed by atoms with E-state index in [4.69, 9.17) is 32.7 Å². The molecule has 0 saturated heterocycles. The van der Waals surface area contributed by atoms with E-state index in [1.165, 1.54) is 44.9 Å². The van der Waals surface area contributed by atoms with Gasteiger partial charge in [0, 0.05) is 32.5 Å². The molecule has 61 heavy (non-hydrogen) atoms. The highest BCUT2D eigenvalue weighted by Crippen LogP contribution is 2.34. The lowest BCUT2D eigenvalue weighted by atomic mass is 9.86. The molecule has 0 bridgehead atoms. The van der Waals surface area contributed by atoms with Crippen molar-refractivity contribution in [2.75, 3.05) is 20.7 Å². The van der Waals surface area contributed by atoms with Crippen molar-refractivity contribution in [3.8, 4) is 5.75 Å². The number of aromatic hydroxyl groups is 1. The van der Waals surface area contributed by atoms with Gasteiger partial charge < -0.3 is 45.6 Å². The van der Waals surface area contributed by atoms with Crippen LogP contribution in [-0.4, -0.2) is 106 Å². The summed E-state index contributed by atoms with van der Waals surface area (Å²) in [5.74, 6) is -4.38. The van der Waals surface area contributed by atoms with Gasteiger partial charge in [-0.05, 0) is 81.3 Å². The summed E-state index contributed by atoms with van der Waals surface area (Å²) < 4.78 is 12.1. The maximum absolute atomic E-state index is 14.6. The van der Waals surface area contributed by atoms with Crippen molar-refractivity contribution in [2.24, 2.45) is 17.8 Å². The second-order valence-corrected chi connectivity index (χ2v) is 18.2. The highest BCUT2D eigenvalue weighted by atomic mass is 35.5. The summed E-state index contributed by atoms with van der Waals surface area (Å²) in [6.07, 6.45) is 4.51. The minimum Gasteiger partial charge on any atom is -0.505 e. The van der Waals surface area contributed by atoms with Crippen LogP contribution in [0.2, 0.25) is 10.0 Å². The van der Waals surface area contributed by atoms with Crippen LogP contribution in [0, 0.1) is 17.8 Å². The van der Waals surface area contributed by atoms with Crippen LogP contribution in [0.3, 0.4) is 0 Å². The molecule has 0 aliphatic carbocycles. The van der Waals surface area contributed by atoms with Crippen LogP contribution in [-0.2, 0) is 35.1 Å². The average Bonchev–Trinajstić information content (AvgIpc) is 3.19. The zero-order chi connectivity index (χ0) is 46.0. The van der Waals surface area contributed by atoms with Gasteiger partial charge in [0.15, 0.2) is 17.4 Å². The van der Waals surface area contributed by atoms with Gasteiger partial charge >= 0.3 is 5.97 Å². The normalized spacial score (nSPS) is 27.4. The molecule has 338 valence electrons. The second-order valence-electron chi connectivity index (χ2n) is 17.4. The van der Waals surface area contributed by atoms with Gasteiger partial charge in [-0.25, -0.2) is 4.79 Å². The standard InChI is InChI=1S/C46H66Cl2N4O9/c1-12-27(4)37-42(55)50-34(23-30-21-32(47)38(53)33(48)22-30)41(54)51-40(45(7,8)58)43(56)61-39(31-19-14-13-15-20-31)29(6)18-16-17-28(5)35(60-11)24-36(49-25-26(2)3)46(9,59)44(57)52(37)10/h13-22,26-27,29,34-37,39-40,49,53,58-59H,12,23-25H2,1-11H3,(H,50,55)(H,51,54). The van der Waals surface area contributed by atoms with E-state index in [0.717, 1.165) is 5.57 Å². The number of amides is 3. The number of methoxy groups -OCH3 is 1. The Kier molecular flexibility index (Phi) is 18.9. The summed E-state index contributed by atoms with van der Waals surface area (Å²) in [6.45, 7) is 16.0. The number of carbonyl (C=O) groups is 4. The molecule has 2 aromatic rings. The van der Waals surface area contributed by atoms with E-state index in [1.807, 2.05) is 83.2 Å². The molecule has 3 amide bonds. The van der Waals surface area contributed by atoms with Gasteiger partial charge in [-0.1, -0.05) is 113 Å². The molecule has 1 heterocycles. The second kappa shape index (κ2) is 22.4. The van der Waals surface area contributed by atoms with Gasteiger partial charge in [0.1, 0.15) is 18.2 Å². The molecule has 0 saturated carbocycles. The van der Waals surface area contributed by atoms with Crippen molar-refractivity contribution in [3.63, 3.8) is 0 Å². The fourth-order valence-electron chi connectivity index (χ4n) is 7.35. The number of likely N-dealkylation sites (N-methyl/N-ethyl adjacent to an activating group) is 1. The van der Waals surface area contributed by atoms with Crippen molar-refractivity contribution in [1.29, 1.82) is 0 Å². The number of hydrogen-bond donors (Lipinski definition) is 6. The summed E-state index contributed by atoms with van der Waals surface area (Å²) in [5, 5.41) is 42.5. The third-order valence-corrected chi connectivity index (χ3v) is 11.9. The number of phenolic OH excluding ortho intramolecular Hbond substituents is 1. The zero-order valence-corrected chi connectivity index (χ0v) is 38.8. The largest absolute Gasteiger partial charge is 0.505 e. The smallest absolute Gasteiger partial charge is 0.332 e. The highest BCUT2D eigenvalue weighted by Gasteiger charge is 2.46. The van der Waals surface area contributed by atoms with Gasteiger partial charge in [-0.15, -0.1) is 0 Å². The minimum atomic E-state index is -2.05. The van der Waals surface area contributed by atoms with Crippen LogP contribution in [0.25, 0.3) is 0 Å². The van der Waals surface area contributed by atoms with Gasteiger partial charge in [0.2, 0.25) is 11.8 Å². The van der Waals surface area contributed by atoms with Crippen molar-refractivity contribution in [2.45, 2.75) is 129 Å². The number of rotatable bonds is 10. The number of aliphatic hydroxyl groups is 2. The lowest BCUT2D eigenvalue weighted by Gasteiger charge is -2.41. The summed E-state index contributed by atoms with van der Waals surface area (Å²) in [7, 11) is 2.99. The molecule has 3 rings (SSSR count).